The Morgan fingerprint density at radius 2 is 2.00 bits per heavy atom. The van der Waals surface area contributed by atoms with Gasteiger partial charge in [-0.25, -0.2) is 0 Å². The van der Waals surface area contributed by atoms with Crippen LogP contribution in [0.3, 0.4) is 0 Å². The standard InChI is InChI=1S/C17H24N4O2/c1-4-13-14(10-18)16(20-19-15(13)5-2)21-8-6-17(7-9-21)22-11-12(3)23-17/h12H,4-9,11H2,1-3H3. The van der Waals surface area contributed by atoms with Crippen molar-refractivity contribution in [2.45, 2.75) is 58.3 Å². The number of rotatable bonds is 3. The number of nitriles is 1. The fourth-order valence-electron chi connectivity index (χ4n) is 3.53. The fourth-order valence-corrected chi connectivity index (χ4v) is 3.53. The largest absolute Gasteiger partial charge is 0.354 e. The number of piperidine rings is 1. The Hall–Kier alpha value is -1.71. The van der Waals surface area contributed by atoms with Crippen LogP contribution in [0, 0.1) is 11.3 Å². The predicted molar refractivity (Wildman–Crippen MR) is 86.2 cm³/mol. The Kier molecular flexibility index (Phi) is 4.51. The van der Waals surface area contributed by atoms with E-state index in [1.165, 1.54) is 0 Å². The summed E-state index contributed by atoms with van der Waals surface area (Å²) in [5.74, 6) is 0.273. The molecule has 2 aliphatic heterocycles. The van der Waals surface area contributed by atoms with Crippen LogP contribution in [0.2, 0.25) is 0 Å². The minimum absolute atomic E-state index is 0.159. The van der Waals surface area contributed by atoms with Gasteiger partial charge in [-0.1, -0.05) is 13.8 Å². The minimum atomic E-state index is -0.437. The molecule has 0 radical (unpaired) electrons. The van der Waals surface area contributed by atoms with Gasteiger partial charge in [0.2, 0.25) is 0 Å². The van der Waals surface area contributed by atoms with Gasteiger partial charge in [0, 0.05) is 25.9 Å². The van der Waals surface area contributed by atoms with Crippen LogP contribution in [-0.2, 0) is 22.3 Å². The molecule has 0 N–H and O–H groups in total. The van der Waals surface area contributed by atoms with Gasteiger partial charge in [0.1, 0.15) is 11.6 Å². The molecule has 23 heavy (non-hydrogen) atoms. The van der Waals surface area contributed by atoms with Crippen LogP contribution in [0.5, 0.6) is 0 Å². The number of hydrogen-bond acceptors (Lipinski definition) is 6. The van der Waals surface area contributed by atoms with Crippen molar-refractivity contribution in [1.29, 1.82) is 5.26 Å². The molecule has 1 aromatic rings. The highest BCUT2D eigenvalue weighted by Gasteiger charge is 2.43. The number of ether oxygens (including phenoxy) is 2. The first kappa shape index (κ1) is 16.2. The van der Waals surface area contributed by atoms with Gasteiger partial charge in [0.15, 0.2) is 11.6 Å². The van der Waals surface area contributed by atoms with Gasteiger partial charge >= 0.3 is 0 Å². The monoisotopic (exact) mass is 316 g/mol. The zero-order chi connectivity index (χ0) is 16.4. The molecule has 6 nitrogen and oxygen atoms in total. The molecule has 0 bridgehead atoms. The third kappa shape index (κ3) is 2.91. The molecule has 1 atom stereocenters. The van der Waals surface area contributed by atoms with Crippen molar-refractivity contribution in [3.05, 3.63) is 16.8 Å². The van der Waals surface area contributed by atoms with Crippen LogP contribution in [0.15, 0.2) is 0 Å². The quantitative estimate of drug-likeness (QED) is 0.851. The maximum Gasteiger partial charge on any atom is 0.172 e. The topological polar surface area (TPSA) is 71.3 Å². The summed E-state index contributed by atoms with van der Waals surface area (Å²) < 4.78 is 11.8. The first-order chi connectivity index (χ1) is 11.1. The molecule has 1 spiro atoms. The van der Waals surface area contributed by atoms with E-state index in [0.717, 1.165) is 50.0 Å². The highest BCUT2D eigenvalue weighted by Crippen LogP contribution is 2.36. The van der Waals surface area contributed by atoms with Crippen LogP contribution in [0.4, 0.5) is 5.82 Å². The van der Waals surface area contributed by atoms with E-state index >= 15 is 0 Å². The Balaban J connectivity index is 1.82. The van der Waals surface area contributed by atoms with Gasteiger partial charge in [-0.3, -0.25) is 0 Å². The van der Waals surface area contributed by atoms with Gasteiger partial charge in [0.25, 0.3) is 0 Å². The van der Waals surface area contributed by atoms with Crippen molar-refractivity contribution in [2.24, 2.45) is 0 Å². The average Bonchev–Trinajstić information content (AvgIpc) is 2.94. The zero-order valence-corrected chi connectivity index (χ0v) is 14.1. The van der Waals surface area contributed by atoms with Gasteiger partial charge in [0.05, 0.1) is 18.4 Å². The molecule has 0 aromatic carbocycles. The molecular weight excluding hydrogens is 292 g/mol. The van der Waals surface area contributed by atoms with E-state index in [1.54, 1.807) is 0 Å². The number of anilines is 1. The van der Waals surface area contributed by atoms with E-state index in [1.807, 2.05) is 13.8 Å². The van der Waals surface area contributed by atoms with E-state index in [2.05, 4.69) is 28.1 Å². The van der Waals surface area contributed by atoms with Crippen molar-refractivity contribution >= 4 is 5.82 Å². The van der Waals surface area contributed by atoms with Crippen LogP contribution >= 0.6 is 0 Å². The molecule has 0 aliphatic carbocycles. The molecule has 2 fully saturated rings. The molecule has 0 amide bonds. The average molecular weight is 316 g/mol. The third-order valence-corrected chi connectivity index (χ3v) is 4.76. The summed E-state index contributed by atoms with van der Waals surface area (Å²) in [5.41, 5.74) is 2.64. The van der Waals surface area contributed by atoms with E-state index in [0.29, 0.717) is 18.0 Å². The Bertz CT molecular complexity index is 618. The molecule has 1 aromatic heterocycles. The molecule has 124 valence electrons. The summed E-state index contributed by atoms with van der Waals surface area (Å²) in [6, 6.07) is 2.35. The summed E-state index contributed by atoms with van der Waals surface area (Å²) in [4.78, 5) is 2.14. The minimum Gasteiger partial charge on any atom is -0.354 e. The lowest BCUT2D eigenvalue weighted by molar-refractivity contribution is -0.178. The lowest BCUT2D eigenvalue weighted by Gasteiger charge is -2.38. The van der Waals surface area contributed by atoms with E-state index in [9.17, 15) is 5.26 Å². The van der Waals surface area contributed by atoms with Crippen molar-refractivity contribution in [3.8, 4) is 6.07 Å². The first-order valence-electron chi connectivity index (χ1n) is 8.47. The molecule has 3 heterocycles. The summed E-state index contributed by atoms with van der Waals surface area (Å²) in [7, 11) is 0. The number of hydrogen-bond donors (Lipinski definition) is 0. The summed E-state index contributed by atoms with van der Waals surface area (Å²) >= 11 is 0. The maximum absolute atomic E-state index is 9.63. The van der Waals surface area contributed by atoms with E-state index in [-0.39, 0.29) is 6.10 Å². The van der Waals surface area contributed by atoms with Crippen LogP contribution in [0.25, 0.3) is 0 Å². The smallest absolute Gasteiger partial charge is 0.172 e. The van der Waals surface area contributed by atoms with Gasteiger partial charge in [-0.15, -0.1) is 5.10 Å². The molecule has 0 saturated carbocycles. The first-order valence-corrected chi connectivity index (χ1v) is 8.47. The van der Waals surface area contributed by atoms with Crippen molar-refractivity contribution in [3.63, 3.8) is 0 Å². The molecule has 2 saturated heterocycles. The SMILES string of the molecule is CCc1nnc(N2CCC3(CC2)OCC(C)O3)c(C#N)c1CC. The van der Waals surface area contributed by atoms with Gasteiger partial charge in [-0.05, 0) is 25.3 Å². The second-order valence-corrected chi connectivity index (χ2v) is 6.28. The zero-order valence-electron chi connectivity index (χ0n) is 14.1. The Labute approximate surface area is 137 Å². The van der Waals surface area contributed by atoms with E-state index in [4.69, 9.17) is 9.47 Å². The second kappa shape index (κ2) is 6.42. The fraction of sp³-hybridized carbons (Fsp3) is 0.706. The van der Waals surface area contributed by atoms with Crippen LogP contribution < -0.4 is 4.90 Å². The molecular formula is C17H24N4O2. The molecule has 6 heteroatoms. The maximum atomic E-state index is 9.63. The lowest BCUT2D eigenvalue weighted by Crippen LogP contribution is -2.46. The normalized spacial score (nSPS) is 23.2. The van der Waals surface area contributed by atoms with Crippen molar-refractivity contribution in [2.75, 3.05) is 24.6 Å². The second-order valence-electron chi connectivity index (χ2n) is 6.28. The summed E-state index contributed by atoms with van der Waals surface area (Å²) in [6.45, 7) is 8.35. The van der Waals surface area contributed by atoms with Crippen molar-refractivity contribution in [1.82, 2.24) is 10.2 Å². The predicted octanol–water partition coefficient (Wildman–Crippen LogP) is 2.20. The molecule has 2 aliphatic rings. The summed E-state index contributed by atoms with van der Waals surface area (Å²) in [6.07, 6.45) is 3.35. The van der Waals surface area contributed by atoms with Gasteiger partial charge in [-0.2, -0.15) is 10.4 Å². The number of aromatic nitrogens is 2. The lowest BCUT2D eigenvalue weighted by atomic mass is 10.0. The van der Waals surface area contributed by atoms with Gasteiger partial charge < -0.3 is 14.4 Å². The van der Waals surface area contributed by atoms with Crippen LogP contribution in [-0.4, -0.2) is 41.8 Å². The molecule has 3 rings (SSSR count). The Morgan fingerprint density at radius 1 is 1.26 bits per heavy atom. The Morgan fingerprint density at radius 3 is 2.52 bits per heavy atom. The molecule has 1 unspecified atom stereocenters. The van der Waals surface area contributed by atoms with Crippen molar-refractivity contribution < 1.29 is 9.47 Å². The van der Waals surface area contributed by atoms with E-state index < -0.39 is 5.79 Å². The number of nitrogens with zero attached hydrogens (tertiary/aromatic N) is 4. The summed E-state index contributed by atoms with van der Waals surface area (Å²) in [5, 5.41) is 18.3. The third-order valence-electron chi connectivity index (χ3n) is 4.76. The highest BCUT2D eigenvalue weighted by atomic mass is 16.7. The highest BCUT2D eigenvalue weighted by molar-refractivity contribution is 5.58. The number of aryl methyl sites for hydroxylation is 1. The van der Waals surface area contributed by atoms with Crippen LogP contribution in [0.1, 0.15) is 50.4 Å².